The van der Waals surface area contributed by atoms with Crippen LogP contribution in [0.5, 0.6) is 0 Å². The minimum absolute atomic E-state index is 0.110. The van der Waals surface area contributed by atoms with Crippen molar-refractivity contribution in [3.05, 3.63) is 18.7 Å². The van der Waals surface area contributed by atoms with Gasteiger partial charge < -0.3 is 9.47 Å². The van der Waals surface area contributed by atoms with Crippen LogP contribution in [-0.2, 0) is 26.4 Å². The Morgan fingerprint density at radius 1 is 1.24 bits per heavy atom. The second kappa shape index (κ2) is 7.07. The summed E-state index contributed by atoms with van der Waals surface area (Å²) in [5.41, 5.74) is -0.248. The Morgan fingerprint density at radius 3 is 2.48 bits per heavy atom. The van der Waals surface area contributed by atoms with E-state index in [0.29, 0.717) is 13.0 Å². The molecule has 1 heterocycles. The Labute approximate surface area is 127 Å². The van der Waals surface area contributed by atoms with Crippen molar-refractivity contribution in [3.8, 4) is 0 Å². The van der Waals surface area contributed by atoms with E-state index >= 15 is 0 Å². The van der Waals surface area contributed by atoms with Crippen LogP contribution >= 0.6 is 0 Å². The number of aromatic nitrogens is 2. The number of carbonyl (C=O) groups excluding carboxylic acids is 1. The third-order valence-electron chi connectivity index (χ3n) is 3.27. The quantitative estimate of drug-likeness (QED) is 0.573. The highest BCUT2D eigenvalue weighted by molar-refractivity contribution is 5.68. The molecule has 1 rings (SSSR count). The number of hydrogen-bond donors (Lipinski definition) is 0. The molecule has 1 aromatic rings. The highest BCUT2D eigenvalue weighted by Crippen LogP contribution is 2.18. The molecule has 0 saturated carbocycles. The molecule has 0 saturated heterocycles. The van der Waals surface area contributed by atoms with Gasteiger partial charge in [0.25, 0.3) is 0 Å². The van der Waals surface area contributed by atoms with Gasteiger partial charge in [0.15, 0.2) is 0 Å². The van der Waals surface area contributed by atoms with Crippen molar-refractivity contribution >= 4 is 5.97 Å². The molecule has 5 nitrogen and oxygen atoms in total. The number of carbonyl (C=O) groups is 1. The monoisotopic (exact) mass is 297 g/mol. The van der Waals surface area contributed by atoms with Gasteiger partial charge in [0.05, 0.1) is 25.9 Å². The van der Waals surface area contributed by atoms with Crippen LogP contribution < -0.4 is 4.57 Å². The summed E-state index contributed by atoms with van der Waals surface area (Å²) in [6.07, 6.45) is 7.36. The van der Waals surface area contributed by atoms with Gasteiger partial charge in [-0.15, -0.1) is 0 Å². The Hall–Kier alpha value is -1.36. The maximum Gasteiger partial charge on any atom is 0.305 e. The molecule has 0 unspecified atom stereocenters. The SMILES string of the molecule is COC(=O)CCC[n+]1ccn(C(C)(C)COC(C)(C)C)c1. The third kappa shape index (κ3) is 6.29. The Morgan fingerprint density at radius 2 is 1.90 bits per heavy atom. The summed E-state index contributed by atoms with van der Waals surface area (Å²) in [6, 6.07) is 0. The zero-order chi connectivity index (χ0) is 16.1. The molecule has 0 aliphatic rings. The average molecular weight is 297 g/mol. The molecule has 0 aliphatic heterocycles. The number of esters is 1. The number of methoxy groups -OCH3 is 1. The first kappa shape index (κ1) is 17.7. The second-order valence-electron chi connectivity index (χ2n) is 6.95. The molecular weight excluding hydrogens is 268 g/mol. The van der Waals surface area contributed by atoms with Gasteiger partial charge in [-0.2, -0.15) is 0 Å². The first-order valence-electron chi connectivity index (χ1n) is 7.42. The van der Waals surface area contributed by atoms with Crippen LogP contribution in [0.3, 0.4) is 0 Å². The first-order valence-corrected chi connectivity index (χ1v) is 7.42. The summed E-state index contributed by atoms with van der Waals surface area (Å²) in [5, 5.41) is 0. The normalized spacial score (nSPS) is 12.5. The molecule has 5 heteroatoms. The number of aryl methyl sites for hydroxylation is 1. The largest absolute Gasteiger partial charge is 0.469 e. The topological polar surface area (TPSA) is 44.3 Å². The van der Waals surface area contributed by atoms with Crippen molar-refractivity contribution in [2.75, 3.05) is 13.7 Å². The molecule has 0 bridgehead atoms. The highest BCUT2D eigenvalue weighted by Gasteiger charge is 2.28. The molecule has 0 aliphatic carbocycles. The molecule has 120 valence electrons. The maximum atomic E-state index is 11.1. The van der Waals surface area contributed by atoms with E-state index in [1.807, 2.05) is 12.4 Å². The lowest BCUT2D eigenvalue weighted by atomic mass is 10.1. The Kier molecular flexibility index (Phi) is 5.96. The van der Waals surface area contributed by atoms with Gasteiger partial charge in [-0.1, -0.05) is 0 Å². The minimum atomic E-state index is -0.158. The van der Waals surface area contributed by atoms with Crippen LogP contribution in [-0.4, -0.2) is 29.9 Å². The summed E-state index contributed by atoms with van der Waals surface area (Å²) in [6.45, 7) is 11.9. The summed E-state index contributed by atoms with van der Waals surface area (Å²) in [7, 11) is 1.42. The van der Waals surface area contributed by atoms with E-state index in [2.05, 4.69) is 54.8 Å². The van der Waals surface area contributed by atoms with Crippen LogP contribution in [0.2, 0.25) is 0 Å². The molecular formula is C16H29N2O3+. The predicted octanol–water partition coefficient (Wildman–Crippen LogP) is 2.28. The summed E-state index contributed by atoms with van der Waals surface area (Å²) < 4.78 is 14.8. The van der Waals surface area contributed by atoms with Crippen LogP contribution in [0.15, 0.2) is 18.7 Å². The number of hydrogen-bond acceptors (Lipinski definition) is 3. The lowest BCUT2D eigenvalue weighted by Crippen LogP contribution is -2.37. The van der Waals surface area contributed by atoms with E-state index in [-0.39, 0.29) is 17.1 Å². The second-order valence-corrected chi connectivity index (χ2v) is 6.95. The predicted molar refractivity (Wildman–Crippen MR) is 80.9 cm³/mol. The van der Waals surface area contributed by atoms with E-state index in [0.717, 1.165) is 13.0 Å². The molecule has 0 radical (unpaired) electrons. The van der Waals surface area contributed by atoms with E-state index < -0.39 is 0 Å². The van der Waals surface area contributed by atoms with Gasteiger partial charge >= 0.3 is 5.97 Å². The molecule has 21 heavy (non-hydrogen) atoms. The molecule has 0 aromatic carbocycles. The van der Waals surface area contributed by atoms with E-state index in [1.165, 1.54) is 7.11 Å². The molecule has 0 amide bonds. The minimum Gasteiger partial charge on any atom is -0.469 e. The number of rotatable bonds is 7. The van der Waals surface area contributed by atoms with Crippen LogP contribution in [0.1, 0.15) is 47.5 Å². The van der Waals surface area contributed by atoms with Crippen LogP contribution in [0, 0.1) is 0 Å². The summed E-state index contributed by atoms with van der Waals surface area (Å²) in [4.78, 5) is 11.1. The summed E-state index contributed by atoms with van der Waals surface area (Å²) >= 11 is 0. The maximum absolute atomic E-state index is 11.1. The van der Waals surface area contributed by atoms with E-state index in [4.69, 9.17) is 4.74 Å². The molecule has 0 fully saturated rings. The lowest BCUT2D eigenvalue weighted by molar-refractivity contribution is -0.697. The fraction of sp³-hybridized carbons (Fsp3) is 0.750. The Bertz CT molecular complexity index is 458. The molecule has 0 atom stereocenters. The van der Waals surface area contributed by atoms with E-state index in [1.54, 1.807) is 0 Å². The first-order chi connectivity index (χ1) is 9.64. The summed E-state index contributed by atoms with van der Waals surface area (Å²) in [5.74, 6) is -0.158. The molecule has 0 spiro atoms. The van der Waals surface area contributed by atoms with Gasteiger partial charge in [0.2, 0.25) is 6.33 Å². The molecule has 1 aromatic heterocycles. The standard InChI is InChI=1S/C16H29N2O3/c1-15(2,3)21-12-16(4,5)18-11-10-17(13-18)9-7-8-14(19)20-6/h10-11,13H,7-9,12H2,1-6H3/q+1. The Balaban J connectivity index is 2.54. The average Bonchev–Trinajstić information content (AvgIpc) is 2.85. The lowest BCUT2D eigenvalue weighted by Gasteiger charge is -2.27. The number of imidazole rings is 1. The van der Waals surface area contributed by atoms with E-state index in [9.17, 15) is 4.79 Å². The zero-order valence-corrected chi connectivity index (χ0v) is 14.2. The third-order valence-corrected chi connectivity index (χ3v) is 3.27. The van der Waals surface area contributed by atoms with Crippen molar-refractivity contribution in [1.29, 1.82) is 0 Å². The van der Waals surface area contributed by atoms with Crippen molar-refractivity contribution in [3.63, 3.8) is 0 Å². The van der Waals surface area contributed by atoms with Gasteiger partial charge in [0, 0.05) is 6.42 Å². The van der Waals surface area contributed by atoms with Gasteiger partial charge in [0.1, 0.15) is 17.9 Å². The molecule has 0 N–H and O–H groups in total. The fourth-order valence-electron chi connectivity index (χ4n) is 1.86. The fourth-order valence-corrected chi connectivity index (χ4v) is 1.86. The highest BCUT2D eigenvalue weighted by atomic mass is 16.5. The smallest absolute Gasteiger partial charge is 0.305 e. The van der Waals surface area contributed by atoms with Crippen molar-refractivity contribution in [1.82, 2.24) is 4.57 Å². The zero-order valence-electron chi connectivity index (χ0n) is 14.2. The number of ether oxygens (including phenoxy) is 2. The number of nitrogens with zero attached hydrogens (tertiary/aromatic N) is 2. The van der Waals surface area contributed by atoms with Gasteiger partial charge in [-0.3, -0.25) is 4.79 Å². The van der Waals surface area contributed by atoms with Crippen molar-refractivity contribution in [2.45, 2.75) is 65.1 Å². The van der Waals surface area contributed by atoms with Crippen molar-refractivity contribution in [2.24, 2.45) is 0 Å². The van der Waals surface area contributed by atoms with Gasteiger partial charge in [-0.25, -0.2) is 9.13 Å². The van der Waals surface area contributed by atoms with Crippen LogP contribution in [0.4, 0.5) is 0 Å². The van der Waals surface area contributed by atoms with Gasteiger partial charge in [-0.05, 0) is 41.0 Å². The van der Waals surface area contributed by atoms with Crippen molar-refractivity contribution < 1.29 is 18.8 Å². The van der Waals surface area contributed by atoms with Crippen LogP contribution in [0.25, 0.3) is 0 Å².